The van der Waals surface area contributed by atoms with Gasteiger partial charge in [-0.25, -0.2) is 0 Å². The maximum atomic E-state index is 11.8. The number of hydrogen-bond acceptors (Lipinski definition) is 3. The Balaban J connectivity index is 2.00. The lowest BCUT2D eigenvalue weighted by atomic mass is 10.4. The molecular formula is C12H14F3NOS. The summed E-state index contributed by atoms with van der Waals surface area (Å²) in [5.74, 6) is -0.0518. The summed E-state index contributed by atoms with van der Waals surface area (Å²) in [6.45, 7) is 0.899. The van der Waals surface area contributed by atoms with Crippen LogP contribution in [-0.2, 0) is 11.3 Å². The maximum absolute atomic E-state index is 11.8. The van der Waals surface area contributed by atoms with Gasteiger partial charge in [-0.3, -0.25) is 4.98 Å². The number of halogens is 3. The lowest BCUT2D eigenvalue weighted by molar-refractivity contribution is -0.0326. The Hall–Kier alpha value is -1.01. The molecule has 0 bridgehead atoms. The molecule has 1 heterocycles. The topological polar surface area (TPSA) is 22.1 Å². The van der Waals surface area contributed by atoms with E-state index >= 15 is 0 Å². The number of alkyl halides is 3. The average molecular weight is 277 g/mol. The third kappa shape index (κ3) is 8.14. The Bertz CT molecular complexity index is 354. The van der Waals surface area contributed by atoms with E-state index in [-0.39, 0.29) is 17.5 Å². The number of nitrogens with zero attached hydrogens (tertiary/aromatic N) is 1. The van der Waals surface area contributed by atoms with E-state index in [1.165, 1.54) is 6.08 Å². The van der Waals surface area contributed by atoms with Crippen LogP contribution in [0.5, 0.6) is 0 Å². The first-order valence-electron chi connectivity index (χ1n) is 5.41. The molecular weight excluding hydrogens is 263 g/mol. The van der Waals surface area contributed by atoms with Crippen LogP contribution in [0.1, 0.15) is 12.1 Å². The van der Waals surface area contributed by atoms with Crippen LogP contribution in [0.2, 0.25) is 0 Å². The lowest BCUT2D eigenvalue weighted by Crippen LogP contribution is -2.00. The minimum atomic E-state index is -4.15. The summed E-state index contributed by atoms with van der Waals surface area (Å²) in [7, 11) is 0. The number of ether oxygens (including phenoxy) is 1. The first-order valence-corrected chi connectivity index (χ1v) is 6.40. The fourth-order valence-electron chi connectivity index (χ4n) is 1.14. The van der Waals surface area contributed by atoms with Gasteiger partial charge in [0.15, 0.2) is 0 Å². The zero-order chi connectivity index (χ0) is 13.3. The fourth-order valence-corrected chi connectivity index (χ4v) is 1.56. The van der Waals surface area contributed by atoms with Crippen molar-refractivity contribution in [1.82, 2.24) is 4.98 Å². The second-order valence-corrected chi connectivity index (χ2v) is 4.48. The summed E-state index contributed by atoms with van der Waals surface area (Å²) in [6, 6.07) is 5.56. The molecule has 1 rings (SSSR count). The number of pyridine rings is 1. The van der Waals surface area contributed by atoms with E-state index in [2.05, 4.69) is 4.98 Å². The molecule has 0 aliphatic heterocycles. The van der Waals surface area contributed by atoms with E-state index in [1.807, 2.05) is 18.2 Å². The van der Waals surface area contributed by atoms with Crippen LogP contribution in [0, 0.1) is 0 Å². The summed E-state index contributed by atoms with van der Waals surface area (Å²) >= 11 is -0.0434. The van der Waals surface area contributed by atoms with Gasteiger partial charge in [0.2, 0.25) is 0 Å². The third-order valence-electron chi connectivity index (χ3n) is 1.91. The van der Waals surface area contributed by atoms with Gasteiger partial charge in [-0.05, 0) is 30.3 Å². The van der Waals surface area contributed by atoms with E-state index in [4.69, 9.17) is 4.74 Å². The van der Waals surface area contributed by atoms with E-state index in [1.54, 1.807) is 12.3 Å². The van der Waals surface area contributed by atoms with Crippen molar-refractivity contribution in [2.75, 3.05) is 12.4 Å². The number of aromatic nitrogens is 1. The molecule has 1 aromatic rings. The molecule has 0 aromatic carbocycles. The molecule has 0 aliphatic rings. The van der Waals surface area contributed by atoms with E-state index < -0.39 is 5.51 Å². The highest BCUT2D eigenvalue weighted by Crippen LogP contribution is 2.29. The number of hydrogen-bond donors (Lipinski definition) is 0. The van der Waals surface area contributed by atoms with Gasteiger partial charge in [-0.2, -0.15) is 13.2 Å². The van der Waals surface area contributed by atoms with Gasteiger partial charge in [-0.15, -0.1) is 0 Å². The summed E-state index contributed by atoms with van der Waals surface area (Å²) in [6.07, 6.45) is 5.48. The molecule has 0 N–H and O–H groups in total. The van der Waals surface area contributed by atoms with Crippen molar-refractivity contribution in [3.8, 4) is 0 Å². The van der Waals surface area contributed by atoms with Crippen LogP contribution in [-0.4, -0.2) is 22.9 Å². The molecule has 0 atom stereocenters. The maximum Gasteiger partial charge on any atom is 0.442 e. The molecule has 0 aliphatic carbocycles. The zero-order valence-electron chi connectivity index (χ0n) is 9.69. The zero-order valence-corrected chi connectivity index (χ0v) is 10.5. The Morgan fingerprint density at radius 3 is 2.78 bits per heavy atom. The summed E-state index contributed by atoms with van der Waals surface area (Å²) in [4.78, 5) is 4.08. The summed E-state index contributed by atoms with van der Waals surface area (Å²) < 4.78 is 40.6. The molecule has 0 saturated heterocycles. The molecule has 1 aromatic heterocycles. The second-order valence-electron chi connectivity index (χ2n) is 3.39. The van der Waals surface area contributed by atoms with Crippen molar-refractivity contribution in [1.29, 1.82) is 0 Å². The van der Waals surface area contributed by atoms with Crippen LogP contribution in [0.15, 0.2) is 36.5 Å². The highest BCUT2D eigenvalue weighted by atomic mass is 32.2. The lowest BCUT2D eigenvalue weighted by Gasteiger charge is -2.02. The Labute approximate surface area is 108 Å². The van der Waals surface area contributed by atoms with E-state index in [0.29, 0.717) is 19.6 Å². The van der Waals surface area contributed by atoms with Gasteiger partial charge in [0, 0.05) is 11.9 Å². The van der Waals surface area contributed by atoms with Crippen molar-refractivity contribution >= 4 is 11.8 Å². The molecule has 6 heteroatoms. The van der Waals surface area contributed by atoms with Crippen molar-refractivity contribution in [3.63, 3.8) is 0 Å². The van der Waals surface area contributed by atoms with E-state index in [0.717, 1.165) is 5.69 Å². The smallest absolute Gasteiger partial charge is 0.375 e. The molecule has 0 saturated carbocycles. The van der Waals surface area contributed by atoms with Crippen molar-refractivity contribution < 1.29 is 17.9 Å². The summed E-state index contributed by atoms with van der Waals surface area (Å²) in [5.41, 5.74) is -3.31. The van der Waals surface area contributed by atoms with Gasteiger partial charge >= 0.3 is 5.51 Å². The van der Waals surface area contributed by atoms with Crippen LogP contribution < -0.4 is 0 Å². The molecule has 0 spiro atoms. The first kappa shape index (κ1) is 15.0. The van der Waals surface area contributed by atoms with Crippen molar-refractivity contribution in [3.05, 3.63) is 42.2 Å². The predicted molar refractivity (Wildman–Crippen MR) is 66.2 cm³/mol. The van der Waals surface area contributed by atoms with Crippen LogP contribution in [0.4, 0.5) is 13.2 Å². The molecule has 18 heavy (non-hydrogen) atoms. The normalized spacial score (nSPS) is 12.2. The average Bonchev–Trinajstić information content (AvgIpc) is 2.32. The van der Waals surface area contributed by atoms with Gasteiger partial charge in [0.1, 0.15) is 0 Å². The van der Waals surface area contributed by atoms with Crippen molar-refractivity contribution in [2.45, 2.75) is 18.5 Å². The Morgan fingerprint density at radius 1 is 1.28 bits per heavy atom. The van der Waals surface area contributed by atoms with E-state index in [9.17, 15) is 13.2 Å². The van der Waals surface area contributed by atoms with Crippen LogP contribution in [0.25, 0.3) is 0 Å². The highest BCUT2D eigenvalue weighted by Gasteiger charge is 2.26. The largest absolute Gasteiger partial charge is 0.442 e. The Kier molecular flexibility index (Phi) is 6.82. The van der Waals surface area contributed by atoms with Gasteiger partial charge in [0.05, 0.1) is 18.9 Å². The first-order chi connectivity index (χ1) is 8.58. The second kappa shape index (κ2) is 8.16. The molecule has 0 fully saturated rings. The van der Waals surface area contributed by atoms with Gasteiger partial charge < -0.3 is 4.74 Å². The summed E-state index contributed by atoms with van der Waals surface area (Å²) in [5, 5.41) is 0. The van der Waals surface area contributed by atoms with Crippen LogP contribution >= 0.6 is 11.8 Å². The molecule has 0 amide bonds. The molecule has 100 valence electrons. The molecule has 2 nitrogen and oxygen atoms in total. The minimum Gasteiger partial charge on any atom is -0.375 e. The quantitative estimate of drug-likeness (QED) is 0.559. The molecule has 0 unspecified atom stereocenters. The monoisotopic (exact) mass is 277 g/mol. The third-order valence-corrected chi connectivity index (χ3v) is 2.60. The van der Waals surface area contributed by atoms with Gasteiger partial charge in [0.25, 0.3) is 0 Å². The standard InChI is InChI=1S/C12H14F3NOS/c13-12(14,15)18-9-5-1-4-8-17-10-11-6-2-3-7-16-11/h1-3,5-7H,4,8-10H2/b5-1-. The minimum absolute atomic E-state index is 0.0434. The van der Waals surface area contributed by atoms with Gasteiger partial charge in [-0.1, -0.05) is 18.2 Å². The number of rotatable bonds is 7. The SMILES string of the molecule is FC(F)(F)SC/C=C\CCOCc1ccccn1. The predicted octanol–water partition coefficient (Wildman–Crippen LogP) is 3.80. The number of thioether (sulfide) groups is 1. The van der Waals surface area contributed by atoms with Crippen molar-refractivity contribution in [2.24, 2.45) is 0 Å². The van der Waals surface area contributed by atoms with Crippen LogP contribution in [0.3, 0.4) is 0 Å². The Morgan fingerprint density at radius 2 is 2.11 bits per heavy atom. The fraction of sp³-hybridized carbons (Fsp3) is 0.417. The molecule has 0 radical (unpaired) electrons. The highest BCUT2D eigenvalue weighted by molar-refractivity contribution is 8.00.